The number of nitrogens with one attached hydrogen (secondary N) is 1. The summed E-state index contributed by atoms with van der Waals surface area (Å²) in [7, 11) is 0. The summed E-state index contributed by atoms with van der Waals surface area (Å²) in [4.78, 5) is 33.3. The van der Waals surface area contributed by atoms with Gasteiger partial charge in [0.2, 0.25) is 0 Å². The van der Waals surface area contributed by atoms with Crippen molar-refractivity contribution < 1.29 is 22.8 Å². The van der Waals surface area contributed by atoms with Crippen molar-refractivity contribution in [1.82, 2.24) is 29.4 Å². The summed E-state index contributed by atoms with van der Waals surface area (Å²) >= 11 is 3.97. The van der Waals surface area contributed by atoms with E-state index in [1.165, 1.54) is 16.9 Å². The minimum Gasteiger partial charge on any atom is -0.365 e. The minimum absolute atomic E-state index is 0.0510. The normalized spacial score (nSPS) is 11.9. The maximum Gasteiger partial charge on any atom is 0.433 e. The largest absolute Gasteiger partial charge is 0.433 e. The second-order valence-electron chi connectivity index (χ2n) is 7.87. The number of anilines is 1. The predicted octanol–water partition coefficient (Wildman–Crippen LogP) is 4.66. The molecule has 5 aromatic rings. The van der Waals surface area contributed by atoms with Gasteiger partial charge in [-0.25, -0.2) is 14.5 Å². The van der Waals surface area contributed by atoms with Crippen LogP contribution in [0, 0.1) is 6.92 Å². The molecule has 5 aromatic heterocycles. The van der Waals surface area contributed by atoms with E-state index in [0.717, 1.165) is 6.07 Å². The van der Waals surface area contributed by atoms with E-state index in [0.29, 0.717) is 39.3 Å². The lowest BCUT2D eigenvalue weighted by molar-refractivity contribution is -0.140. The summed E-state index contributed by atoms with van der Waals surface area (Å²) < 4.78 is 44.6. The molecule has 0 saturated carbocycles. The van der Waals surface area contributed by atoms with Gasteiger partial charge in [0, 0.05) is 35.6 Å². The molecular weight excluding hydrogens is 577 g/mol. The molecule has 37 heavy (non-hydrogen) atoms. The summed E-state index contributed by atoms with van der Waals surface area (Å²) in [5, 5.41) is 11.2. The van der Waals surface area contributed by atoms with Crippen molar-refractivity contribution in [2.24, 2.45) is 5.73 Å². The van der Waals surface area contributed by atoms with Gasteiger partial charge in [-0.15, -0.1) is 11.3 Å². The van der Waals surface area contributed by atoms with Crippen LogP contribution >= 0.6 is 27.3 Å². The van der Waals surface area contributed by atoms with Crippen LogP contribution in [0.25, 0.3) is 27.0 Å². The van der Waals surface area contributed by atoms with Crippen LogP contribution in [0.1, 0.15) is 38.5 Å². The van der Waals surface area contributed by atoms with Crippen LogP contribution in [-0.4, -0.2) is 41.2 Å². The molecule has 3 N–H and O–H groups in total. The zero-order valence-electron chi connectivity index (χ0n) is 19.1. The number of amides is 2. The molecule has 0 saturated heterocycles. The zero-order valence-corrected chi connectivity index (χ0v) is 21.5. The number of rotatable bonds is 5. The fourth-order valence-corrected chi connectivity index (χ4v) is 5.51. The van der Waals surface area contributed by atoms with Crippen molar-refractivity contribution in [3.8, 4) is 11.1 Å². The number of nitrogens with zero attached hydrogens (tertiary/aromatic N) is 6. The fourth-order valence-electron chi connectivity index (χ4n) is 3.96. The van der Waals surface area contributed by atoms with Gasteiger partial charge >= 0.3 is 6.18 Å². The molecule has 0 unspecified atom stereocenters. The third-order valence-corrected chi connectivity index (χ3v) is 7.49. The fraction of sp³-hybridized carbons (Fsp3) is 0.182. The van der Waals surface area contributed by atoms with E-state index in [1.54, 1.807) is 23.9 Å². The van der Waals surface area contributed by atoms with Crippen molar-refractivity contribution >= 4 is 60.6 Å². The Labute approximate surface area is 218 Å². The second kappa shape index (κ2) is 8.92. The van der Waals surface area contributed by atoms with E-state index in [1.807, 2.05) is 6.92 Å². The summed E-state index contributed by atoms with van der Waals surface area (Å²) in [6.07, 6.45) is -0.207. The standard InChI is InChI=1S/C22H16BrF3N8O2S/c1-3-33-9(2)11(8-29-33)10-7-12(22(24,25)26)30-21-13(10)15(17(37-21)18(27)35)31-20(36)16-14(23)19-28-5-4-6-34(19)32-16/h4-8H,3H2,1-2H3,(H2,27,35)(H,31,36). The Balaban J connectivity index is 1.76. The molecule has 0 radical (unpaired) electrons. The molecule has 0 aromatic carbocycles. The van der Waals surface area contributed by atoms with Crippen LogP contribution in [0.2, 0.25) is 0 Å². The Kier molecular flexibility index (Phi) is 5.98. The molecule has 5 rings (SSSR count). The molecule has 0 fully saturated rings. The Morgan fingerprint density at radius 1 is 1.27 bits per heavy atom. The van der Waals surface area contributed by atoms with Gasteiger partial charge in [-0.05, 0) is 47.5 Å². The third-order valence-electron chi connectivity index (χ3n) is 5.66. The van der Waals surface area contributed by atoms with Crippen LogP contribution in [-0.2, 0) is 12.7 Å². The molecule has 190 valence electrons. The van der Waals surface area contributed by atoms with Gasteiger partial charge in [-0.1, -0.05) is 0 Å². The van der Waals surface area contributed by atoms with Crippen molar-refractivity contribution in [2.45, 2.75) is 26.6 Å². The number of pyridine rings is 1. The molecule has 5 heterocycles. The summed E-state index contributed by atoms with van der Waals surface area (Å²) in [6, 6.07) is 2.50. The predicted molar refractivity (Wildman–Crippen MR) is 133 cm³/mol. The number of aryl methyl sites for hydroxylation is 1. The first kappa shape index (κ1) is 24.8. The number of carbonyl (C=O) groups is 2. The number of carbonyl (C=O) groups excluding carboxylic acids is 2. The summed E-state index contributed by atoms with van der Waals surface area (Å²) in [5.74, 6) is -1.67. The lowest BCUT2D eigenvalue weighted by Crippen LogP contribution is -2.17. The van der Waals surface area contributed by atoms with Crippen LogP contribution in [0.15, 0.2) is 35.2 Å². The quantitative estimate of drug-likeness (QED) is 0.305. The van der Waals surface area contributed by atoms with E-state index < -0.39 is 23.7 Å². The van der Waals surface area contributed by atoms with Crippen LogP contribution < -0.4 is 11.1 Å². The first-order chi connectivity index (χ1) is 17.5. The SMILES string of the molecule is CCn1ncc(-c2cc(C(F)(F)F)nc3sc(C(N)=O)c(NC(=O)c4nn5cccnc5c4Br)c23)c1C. The average Bonchev–Trinajstić information content (AvgIpc) is 3.51. The first-order valence-corrected chi connectivity index (χ1v) is 12.3. The number of halogens is 4. The van der Waals surface area contributed by atoms with E-state index >= 15 is 0 Å². The highest BCUT2D eigenvalue weighted by Gasteiger charge is 2.35. The average molecular weight is 593 g/mol. The molecule has 0 aliphatic heterocycles. The Morgan fingerprint density at radius 3 is 2.65 bits per heavy atom. The second-order valence-corrected chi connectivity index (χ2v) is 9.66. The molecule has 0 spiro atoms. The van der Waals surface area contributed by atoms with Crippen LogP contribution in [0.3, 0.4) is 0 Å². The smallest absolute Gasteiger partial charge is 0.365 e. The monoisotopic (exact) mass is 592 g/mol. The number of primary amides is 1. The maximum atomic E-state index is 13.8. The van der Waals surface area contributed by atoms with Gasteiger partial charge in [-0.3, -0.25) is 14.3 Å². The maximum absolute atomic E-state index is 13.8. The van der Waals surface area contributed by atoms with Gasteiger partial charge in [0.25, 0.3) is 11.8 Å². The molecule has 0 aliphatic carbocycles. The third kappa shape index (κ3) is 4.13. The number of thiophene rings is 1. The Morgan fingerprint density at radius 2 is 2.03 bits per heavy atom. The molecule has 10 nitrogen and oxygen atoms in total. The van der Waals surface area contributed by atoms with E-state index in [9.17, 15) is 22.8 Å². The highest BCUT2D eigenvalue weighted by Crippen LogP contribution is 2.44. The number of aromatic nitrogens is 6. The molecule has 0 atom stereocenters. The van der Waals surface area contributed by atoms with Crippen molar-refractivity contribution in [2.75, 3.05) is 5.32 Å². The van der Waals surface area contributed by atoms with Crippen molar-refractivity contribution in [1.29, 1.82) is 0 Å². The molecule has 2 amide bonds. The Bertz CT molecular complexity index is 1720. The number of nitrogens with two attached hydrogens (primary N) is 1. The van der Waals surface area contributed by atoms with Gasteiger partial charge in [0.05, 0.1) is 16.4 Å². The number of hydrogen-bond donors (Lipinski definition) is 2. The van der Waals surface area contributed by atoms with Gasteiger partial charge in [-0.2, -0.15) is 23.4 Å². The Hall–Kier alpha value is -3.85. The topological polar surface area (TPSA) is 133 Å². The van der Waals surface area contributed by atoms with Crippen molar-refractivity contribution in [3.63, 3.8) is 0 Å². The summed E-state index contributed by atoms with van der Waals surface area (Å²) in [5.41, 5.74) is 5.77. The lowest BCUT2D eigenvalue weighted by Gasteiger charge is -2.12. The highest BCUT2D eigenvalue weighted by atomic mass is 79.9. The minimum atomic E-state index is -4.76. The molecule has 15 heteroatoms. The first-order valence-electron chi connectivity index (χ1n) is 10.7. The lowest BCUT2D eigenvalue weighted by atomic mass is 10.0. The van der Waals surface area contributed by atoms with E-state index in [2.05, 4.69) is 41.4 Å². The molecule has 0 bridgehead atoms. The van der Waals surface area contributed by atoms with Gasteiger partial charge in [0.1, 0.15) is 15.4 Å². The molecular formula is C22H16BrF3N8O2S. The molecule has 0 aliphatic rings. The number of alkyl halides is 3. The van der Waals surface area contributed by atoms with Crippen LogP contribution in [0.4, 0.5) is 18.9 Å². The summed E-state index contributed by atoms with van der Waals surface area (Å²) in [6.45, 7) is 4.05. The van der Waals surface area contributed by atoms with Gasteiger partial charge < -0.3 is 11.1 Å². The van der Waals surface area contributed by atoms with E-state index in [-0.39, 0.29) is 32.0 Å². The highest BCUT2D eigenvalue weighted by molar-refractivity contribution is 9.10. The van der Waals surface area contributed by atoms with E-state index in [4.69, 9.17) is 5.73 Å². The number of fused-ring (bicyclic) bond motifs is 2. The van der Waals surface area contributed by atoms with Gasteiger partial charge in [0.15, 0.2) is 11.3 Å². The number of hydrogen-bond acceptors (Lipinski definition) is 7. The van der Waals surface area contributed by atoms with Crippen LogP contribution in [0.5, 0.6) is 0 Å². The zero-order chi connectivity index (χ0) is 26.6. The van der Waals surface area contributed by atoms with Crippen molar-refractivity contribution in [3.05, 3.63) is 57.2 Å².